The fourth-order valence-electron chi connectivity index (χ4n) is 5.79. The van der Waals surface area contributed by atoms with Crippen LogP contribution in [0.5, 0.6) is 11.6 Å². The van der Waals surface area contributed by atoms with Crippen LogP contribution in [0.15, 0.2) is 54.7 Å². The molecule has 0 aliphatic heterocycles. The van der Waals surface area contributed by atoms with E-state index < -0.39 is 11.6 Å². The monoisotopic (exact) mass is 460 g/mol. The maximum Gasteiger partial charge on any atom is 0.224 e. The molecule has 3 saturated carbocycles. The number of para-hydroxylation sites is 1. The summed E-state index contributed by atoms with van der Waals surface area (Å²) in [6, 6.07) is 13.7. The minimum Gasteiger partial charge on any atom is -0.439 e. The molecule has 2 bridgehead atoms. The first-order chi connectivity index (χ1) is 16.5. The Bertz CT molecular complexity index is 1330. The number of anilines is 1. The minimum atomic E-state index is -0.650. The van der Waals surface area contributed by atoms with Gasteiger partial charge < -0.3 is 15.0 Å². The molecule has 4 aromatic rings. The van der Waals surface area contributed by atoms with E-state index in [2.05, 4.69) is 22.2 Å². The van der Waals surface area contributed by atoms with Gasteiger partial charge in [0.2, 0.25) is 5.88 Å². The van der Waals surface area contributed by atoms with Crippen LogP contribution in [0, 0.1) is 29.4 Å². The van der Waals surface area contributed by atoms with Crippen molar-refractivity contribution in [3.8, 4) is 23.0 Å². The molecular weight excluding hydrogens is 434 g/mol. The molecule has 0 radical (unpaired) electrons. The molecule has 3 aliphatic carbocycles. The summed E-state index contributed by atoms with van der Waals surface area (Å²) < 4.78 is 34.4. The average Bonchev–Trinajstić information content (AvgIpc) is 3.26. The van der Waals surface area contributed by atoms with Gasteiger partial charge in [0.15, 0.2) is 5.82 Å². The van der Waals surface area contributed by atoms with E-state index in [1.807, 2.05) is 36.4 Å². The zero-order valence-corrected chi connectivity index (χ0v) is 18.9. The molecule has 34 heavy (non-hydrogen) atoms. The van der Waals surface area contributed by atoms with Crippen molar-refractivity contribution in [2.75, 3.05) is 5.32 Å². The standard InChI is InChI=1S/C27H26F2N4O/c1-15-16-7-9-17(10-8-16)25(15)31-23-13-24(34-19-5-3-2-4-6-19)33-27(32-23)21-14-30-26-20(21)11-18(28)12-22(26)29/h2-6,11-17,25,30H,7-10H2,1H3,(H,31,32,33)/t15-,16?,17?,25+/m1/s1. The molecule has 5 nitrogen and oxygen atoms in total. The Labute approximate surface area is 196 Å². The van der Waals surface area contributed by atoms with Gasteiger partial charge >= 0.3 is 0 Å². The molecule has 3 fully saturated rings. The number of hydrogen-bond acceptors (Lipinski definition) is 4. The van der Waals surface area contributed by atoms with Crippen molar-refractivity contribution < 1.29 is 13.5 Å². The van der Waals surface area contributed by atoms with Crippen molar-refractivity contribution in [3.63, 3.8) is 0 Å². The highest BCUT2D eigenvalue weighted by Gasteiger charge is 2.41. The first-order valence-corrected chi connectivity index (χ1v) is 11.9. The number of aromatic amines is 1. The molecule has 2 N–H and O–H groups in total. The zero-order chi connectivity index (χ0) is 23.2. The van der Waals surface area contributed by atoms with Crippen molar-refractivity contribution in [1.82, 2.24) is 15.0 Å². The Morgan fingerprint density at radius 2 is 1.74 bits per heavy atom. The number of benzene rings is 2. The van der Waals surface area contributed by atoms with Gasteiger partial charge in [-0.2, -0.15) is 4.98 Å². The molecular formula is C27H26F2N4O. The number of halogens is 2. The van der Waals surface area contributed by atoms with Crippen LogP contribution in [0.4, 0.5) is 14.6 Å². The SMILES string of the molecule is C[C@@H]1C2CCC(CC2)[C@H]1Nc1cc(Oc2ccccc2)nc(-c2c[nH]c3c(F)cc(F)cc23)n1. The largest absolute Gasteiger partial charge is 0.439 e. The van der Waals surface area contributed by atoms with Crippen LogP contribution >= 0.6 is 0 Å². The summed E-state index contributed by atoms with van der Waals surface area (Å²) in [4.78, 5) is 12.3. The predicted octanol–water partition coefficient (Wildman–Crippen LogP) is 6.93. The number of aromatic nitrogens is 3. The van der Waals surface area contributed by atoms with Crippen molar-refractivity contribution in [2.45, 2.75) is 38.6 Å². The Hall–Kier alpha value is -3.48. The van der Waals surface area contributed by atoms with E-state index >= 15 is 0 Å². The summed E-state index contributed by atoms with van der Waals surface area (Å²) in [7, 11) is 0. The molecule has 2 aromatic carbocycles. The van der Waals surface area contributed by atoms with Crippen LogP contribution in [0.1, 0.15) is 32.6 Å². The quantitative estimate of drug-likeness (QED) is 0.339. The van der Waals surface area contributed by atoms with E-state index in [1.54, 1.807) is 6.20 Å². The number of ether oxygens (including phenoxy) is 1. The summed E-state index contributed by atoms with van der Waals surface area (Å²) in [5.74, 6) is 2.65. The minimum absolute atomic E-state index is 0.224. The summed E-state index contributed by atoms with van der Waals surface area (Å²) in [6.45, 7) is 2.32. The zero-order valence-electron chi connectivity index (χ0n) is 18.9. The fourth-order valence-corrected chi connectivity index (χ4v) is 5.79. The van der Waals surface area contributed by atoms with Crippen LogP contribution in [-0.2, 0) is 0 Å². The van der Waals surface area contributed by atoms with E-state index in [9.17, 15) is 8.78 Å². The molecule has 174 valence electrons. The Kier molecular flexibility index (Phi) is 5.20. The Balaban J connectivity index is 1.42. The smallest absolute Gasteiger partial charge is 0.224 e. The molecule has 2 atom stereocenters. The van der Waals surface area contributed by atoms with Crippen LogP contribution in [-0.4, -0.2) is 21.0 Å². The van der Waals surface area contributed by atoms with Gasteiger partial charge in [0.1, 0.15) is 23.2 Å². The van der Waals surface area contributed by atoms with Crippen LogP contribution in [0.25, 0.3) is 22.3 Å². The second-order valence-corrected chi connectivity index (χ2v) is 9.55. The lowest BCUT2D eigenvalue weighted by molar-refractivity contribution is 0.0928. The normalized spacial score (nSPS) is 23.9. The summed E-state index contributed by atoms with van der Waals surface area (Å²) in [5.41, 5.74) is 0.746. The van der Waals surface area contributed by atoms with Crippen LogP contribution in [0.2, 0.25) is 0 Å². The summed E-state index contributed by atoms with van der Waals surface area (Å²) >= 11 is 0. The molecule has 2 heterocycles. The third-order valence-electron chi connectivity index (χ3n) is 7.56. The Morgan fingerprint density at radius 1 is 0.971 bits per heavy atom. The van der Waals surface area contributed by atoms with E-state index in [4.69, 9.17) is 9.72 Å². The second-order valence-electron chi connectivity index (χ2n) is 9.55. The third-order valence-corrected chi connectivity index (χ3v) is 7.56. The van der Waals surface area contributed by atoms with Gasteiger partial charge in [0, 0.05) is 35.3 Å². The lowest BCUT2D eigenvalue weighted by Crippen LogP contribution is -2.47. The number of fused-ring (bicyclic) bond motifs is 4. The lowest BCUT2D eigenvalue weighted by atomic mass is 9.62. The first-order valence-electron chi connectivity index (χ1n) is 11.9. The maximum atomic E-state index is 14.3. The predicted molar refractivity (Wildman–Crippen MR) is 128 cm³/mol. The molecule has 7 heteroatoms. The van der Waals surface area contributed by atoms with E-state index in [0.29, 0.717) is 52.1 Å². The van der Waals surface area contributed by atoms with Crippen molar-refractivity contribution in [3.05, 3.63) is 66.4 Å². The maximum absolute atomic E-state index is 14.3. The molecule has 0 spiro atoms. The highest BCUT2D eigenvalue weighted by Crippen LogP contribution is 2.46. The van der Waals surface area contributed by atoms with Gasteiger partial charge in [-0.25, -0.2) is 13.8 Å². The molecule has 0 unspecified atom stereocenters. The van der Waals surface area contributed by atoms with Gasteiger partial charge in [-0.3, -0.25) is 0 Å². The topological polar surface area (TPSA) is 62.8 Å². The van der Waals surface area contributed by atoms with E-state index in [1.165, 1.54) is 31.7 Å². The van der Waals surface area contributed by atoms with Gasteiger partial charge in [-0.1, -0.05) is 25.1 Å². The molecule has 2 aromatic heterocycles. The molecule has 3 aliphatic rings. The second kappa shape index (κ2) is 8.38. The van der Waals surface area contributed by atoms with Gasteiger partial charge in [0.25, 0.3) is 0 Å². The Morgan fingerprint density at radius 3 is 2.50 bits per heavy atom. The van der Waals surface area contributed by atoms with Crippen molar-refractivity contribution in [2.24, 2.45) is 17.8 Å². The number of nitrogens with zero attached hydrogens (tertiary/aromatic N) is 2. The third kappa shape index (κ3) is 3.79. The van der Waals surface area contributed by atoms with Crippen LogP contribution < -0.4 is 10.1 Å². The fraction of sp³-hybridized carbons (Fsp3) is 0.333. The van der Waals surface area contributed by atoms with Crippen molar-refractivity contribution >= 4 is 16.7 Å². The molecule has 0 saturated heterocycles. The first kappa shape index (κ1) is 21.1. The molecule has 7 rings (SSSR count). The lowest BCUT2D eigenvalue weighted by Gasteiger charge is -2.47. The average molecular weight is 461 g/mol. The van der Waals surface area contributed by atoms with E-state index in [-0.39, 0.29) is 5.52 Å². The highest BCUT2D eigenvalue weighted by molar-refractivity contribution is 5.94. The van der Waals surface area contributed by atoms with Crippen molar-refractivity contribution in [1.29, 1.82) is 0 Å². The number of nitrogens with one attached hydrogen (secondary N) is 2. The highest BCUT2D eigenvalue weighted by atomic mass is 19.1. The number of hydrogen-bond donors (Lipinski definition) is 2. The summed E-state index contributed by atoms with van der Waals surface area (Å²) in [5, 5.41) is 4.07. The number of H-pyrrole nitrogens is 1. The van der Waals surface area contributed by atoms with Crippen LogP contribution in [0.3, 0.4) is 0 Å². The molecule has 0 amide bonds. The van der Waals surface area contributed by atoms with Gasteiger partial charge in [-0.05, 0) is 61.6 Å². The number of rotatable bonds is 5. The summed E-state index contributed by atoms with van der Waals surface area (Å²) in [6.07, 6.45) is 6.68. The van der Waals surface area contributed by atoms with Gasteiger partial charge in [0.05, 0.1) is 5.52 Å². The van der Waals surface area contributed by atoms with Gasteiger partial charge in [-0.15, -0.1) is 0 Å². The van der Waals surface area contributed by atoms with E-state index in [0.717, 1.165) is 12.0 Å².